The van der Waals surface area contributed by atoms with Crippen molar-refractivity contribution in [3.05, 3.63) is 92.6 Å². The zero-order valence-corrected chi connectivity index (χ0v) is 26.9. The predicted octanol–water partition coefficient (Wildman–Crippen LogP) is 5.00. The Labute approximate surface area is 278 Å². The molecule has 5 aromatic rings. The molecular formula is C33H30Cl2N6O6. The van der Waals surface area contributed by atoms with Gasteiger partial charge < -0.3 is 25.2 Å². The highest BCUT2D eigenvalue weighted by molar-refractivity contribution is 6.39. The van der Waals surface area contributed by atoms with Gasteiger partial charge >= 0.3 is 6.09 Å². The fraction of sp³-hybridized carbons (Fsp3) is 0.242. The molecule has 0 radical (unpaired) electrons. The Morgan fingerprint density at radius 3 is 2.38 bits per heavy atom. The monoisotopic (exact) mass is 676 g/mol. The molecule has 3 N–H and O–H groups in total. The summed E-state index contributed by atoms with van der Waals surface area (Å²) < 4.78 is 8.30. The molecular weight excluding hydrogens is 647 g/mol. The number of aliphatic hydroxyl groups excluding tert-OH is 1. The van der Waals surface area contributed by atoms with Crippen LogP contribution in [0.4, 0.5) is 4.79 Å². The molecule has 1 atom stereocenters. The van der Waals surface area contributed by atoms with E-state index in [4.69, 9.17) is 27.9 Å². The lowest BCUT2D eigenvalue weighted by molar-refractivity contribution is -0.119. The quantitative estimate of drug-likeness (QED) is 0.197. The van der Waals surface area contributed by atoms with Crippen molar-refractivity contribution in [1.82, 2.24) is 29.4 Å². The minimum absolute atomic E-state index is 0.0201. The van der Waals surface area contributed by atoms with Gasteiger partial charge in [0.1, 0.15) is 12.1 Å². The van der Waals surface area contributed by atoms with Crippen molar-refractivity contribution < 1.29 is 24.5 Å². The van der Waals surface area contributed by atoms with Crippen LogP contribution >= 0.6 is 23.2 Å². The number of nitrogens with zero attached hydrogens (tertiary/aromatic N) is 5. The number of methoxy groups -OCH3 is 1. The molecule has 0 bridgehead atoms. The molecule has 3 aromatic heterocycles. The Morgan fingerprint density at radius 1 is 1.06 bits per heavy atom. The first-order chi connectivity index (χ1) is 22.6. The number of rotatable bonds is 9. The molecule has 14 heteroatoms. The number of hydrogen-bond donors (Lipinski definition) is 3. The molecule has 12 nitrogen and oxygen atoms in total. The van der Waals surface area contributed by atoms with E-state index < -0.39 is 6.09 Å². The first kappa shape index (κ1) is 32.0. The lowest BCUT2D eigenvalue weighted by atomic mass is 9.97. The van der Waals surface area contributed by atoms with Crippen LogP contribution in [0, 0.1) is 0 Å². The van der Waals surface area contributed by atoms with E-state index in [9.17, 15) is 24.6 Å². The third-order valence-electron chi connectivity index (χ3n) is 8.24. The summed E-state index contributed by atoms with van der Waals surface area (Å²) in [7, 11) is 3.01. The summed E-state index contributed by atoms with van der Waals surface area (Å²) in [6.45, 7) is -0.214. The zero-order valence-electron chi connectivity index (χ0n) is 25.4. The highest BCUT2D eigenvalue weighted by Gasteiger charge is 2.26. The van der Waals surface area contributed by atoms with Crippen LogP contribution in [0.5, 0.6) is 5.88 Å². The Hall–Kier alpha value is -4.91. The SMILES string of the molecule is COc1nc(-c2cccc(-c3cccc(-c4cc5c(=O)n(C)c(CO)nn5c4)c3Cl)c2Cl)ccc1CN(C[C@@H]1CCC(=O)N1)C(=O)O. The number of benzene rings is 2. The first-order valence-corrected chi connectivity index (χ1v) is 15.4. The van der Waals surface area contributed by atoms with Gasteiger partial charge in [0.2, 0.25) is 11.8 Å². The van der Waals surface area contributed by atoms with Crippen molar-refractivity contribution in [2.24, 2.45) is 7.05 Å². The number of halogens is 2. The summed E-state index contributed by atoms with van der Waals surface area (Å²) in [6, 6.07) is 16.0. The second-order valence-electron chi connectivity index (χ2n) is 11.2. The Balaban J connectivity index is 1.33. The van der Waals surface area contributed by atoms with Crippen molar-refractivity contribution in [1.29, 1.82) is 0 Å². The number of carboxylic acid groups (broad SMARTS) is 1. The molecule has 1 fully saturated rings. The average molecular weight is 678 g/mol. The van der Waals surface area contributed by atoms with Gasteiger partial charge in [0.15, 0.2) is 5.82 Å². The van der Waals surface area contributed by atoms with Crippen LogP contribution in [0.2, 0.25) is 10.0 Å². The topological polar surface area (TPSA) is 151 Å². The third kappa shape index (κ3) is 6.14. The summed E-state index contributed by atoms with van der Waals surface area (Å²) >= 11 is 14.0. The number of nitrogens with one attached hydrogen (secondary N) is 1. The standard InChI is InChI=1S/C33H30Cl2N6O6/c1-39-27(17-42)38-41-15-19(13-26(41)32(39)44)21-5-3-6-22(29(21)34)23-7-4-8-24(30(23)35)25-11-9-18(31(37-25)47-2)14-40(33(45)46)16-20-10-12-28(43)36-20/h3-9,11,13,15,20,42H,10,12,14,16-17H2,1-2H3,(H,36,43)(H,45,46)/t20-/m0/s1. The molecule has 6 rings (SSSR count). The van der Waals surface area contributed by atoms with Crippen LogP contribution < -0.4 is 15.6 Å². The van der Waals surface area contributed by atoms with Crippen LogP contribution in [-0.4, -0.2) is 66.0 Å². The molecule has 2 aromatic carbocycles. The van der Waals surface area contributed by atoms with E-state index in [1.54, 1.807) is 31.4 Å². The van der Waals surface area contributed by atoms with E-state index >= 15 is 0 Å². The van der Waals surface area contributed by atoms with Gasteiger partial charge in [0.05, 0.1) is 29.4 Å². The van der Waals surface area contributed by atoms with Crippen molar-refractivity contribution in [3.8, 4) is 39.4 Å². The van der Waals surface area contributed by atoms with Crippen molar-refractivity contribution in [2.45, 2.75) is 32.0 Å². The molecule has 0 aliphatic carbocycles. The van der Waals surface area contributed by atoms with Gasteiger partial charge in [-0.15, -0.1) is 0 Å². The molecule has 1 aliphatic rings. The number of aliphatic hydroxyl groups is 1. The number of amides is 2. The molecule has 1 aliphatic heterocycles. The minimum atomic E-state index is -1.12. The van der Waals surface area contributed by atoms with Crippen molar-refractivity contribution in [3.63, 3.8) is 0 Å². The fourth-order valence-electron chi connectivity index (χ4n) is 5.77. The Kier molecular flexibility index (Phi) is 8.91. The van der Waals surface area contributed by atoms with Gasteiger partial charge in [0, 0.05) is 65.6 Å². The van der Waals surface area contributed by atoms with Crippen molar-refractivity contribution in [2.75, 3.05) is 13.7 Å². The normalized spacial score (nSPS) is 14.4. The summed E-state index contributed by atoms with van der Waals surface area (Å²) in [4.78, 5) is 42.4. The highest BCUT2D eigenvalue weighted by Crippen LogP contribution is 2.42. The van der Waals surface area contributed by atoms with E-state index in [1.807, 2.05) is 36.4 Å². The summed E-state index contributed by atoms with van der Waals surface area (Å²) in [5, 5.41) is 27.4. The zero-order chi connectivity index (χ0) is 33.4. The first-order valence-electron chi connectivity index (χ1n) is 14.7. The van der Waals surface area contributed by atoms with Gasteiger partial charge in [0.25, 0.3) is 5.56 Å². The largest absolute Gasteiger partial charge is 0.481 e. The number of hydrogen-bond acceptors (Lipinski definition) is 7. The van der Waals surface area contributed by atoms with E-state index in [0.717, 1.165) is 0 Å². The van der Waals surface area contributed by atoms with Gasteiger partial charge in [-0.05, 0) is 24.6 Å². The molecule has 47 heavy (non-hydrogen) atoms. The lowest BCUT2D eigenvalue weighted by Crippen LogP contribution is -2.41. The van der Waals surface area contributed by atoms with Gasteiger partial charge in [-0.2, -0.15) is 5.10 Å². The second-order valence-corrected chi connectivity index (χ2v) is 11.9. The van der Waals surface area contributed by atoms with Crippen LogP contribution in [0.15, 0.2) is 65.6 Å². The van der Waals surface area contributed by atoms with Gasteiger partial charge in [-0.25, -0.2) is 14.3 Å². The third-order valence-corrected chi connectivity index (χ3v) is 9.05. The number of carbonyl (C=O) groups is 2. The van der Waals surface area contributed by atoms with Gasteiger partial charge in [-0.3, -0.25) is 14.2 Å². The number of fused-ring (bicyclic) bond motifs is 1. The van der Waals surface area contributed by atoms with Gasteiger partial charge in [-0.1, -0.05) is 59.6 Å². The second kappa shape index (κ2) is 13.1. The molecule has 4 heterocycles. The number of carbonyl (C=O) groups excluding carboxylic acids is 1. The number of pyridine rings is 1. The highest BCUT2D eigenvalue weighted by atomic mass is 35.5. The number of ether oxygens (including phenoxy) is 1. The van der Waals surface area contributed by atoms with Crippen LogP contribution in [0.1, 0.15) is 24.2 Å². The molecule has 1 saturated heterocycles. The maximum Gasteiger partial charge on any atom is 0.407 e. The maximum absolute atomic E-state index is 12.9. The lowest BCUT2D eigenvalue weighted by Gasteiger charge is -2.23. The van der Waals surface area contributed by atoms with E-state index in [0.29, 0.717) is 67.5 Å². The Morgan fingerprint density at radius 2 is 1.74 bits per heavy atom. The van der Waals surface area contributed by atoms with Crippen LogP contribution in [0.3, 0.4) is 0 Å². The van der Waals surface area contributed by atoms with Crippen LogP contribution in [-0.2, 0) is 25.0 Å². The van der Waals surface area contributed by atoms with E-state index in [2.05, 4.69) is 15.4 Å². The van der Waals surface area contributed by atoms with Crippen LogP contribution in [0.25, 0.3) is 39.0 Å². The van der Waals surface area contributed by atoms with E-state index in [-0.39, 0.29) is 48.9 Å². The minimum Gasteiger partial charge on any atom is -0.481 e. The predicted molar refractivity (Wildman–Crippen MR) is 177 cm³/mol. The number of aromatic nitrogens is 4. The summed E-state index contributed by atoms with van der Waals surface area (Å²) in [6.07, 6.45) is 1.52. The molecule has 242 valence electrons. The molecule has 0 unspecified atom stereocenters. The average Bonchev–Trinajstić information content (AvgIpc) is 3.68. The Bertz CT molecular complexity index is 2090. The smallest absolute Gasteiger partial charge is 0.407 e. The molecule has 0 spiro atoms. The van der Waals surface area contributed by atoms with E-state index in [1.165, 1.54) is 21.1 Å². The van der Waals surface area contributed by atoms with Crippen molar-refractivity contribution >= 4 is 40.7 Å². The summed E-state index contributed by atoms with van der Waals surface area (Å²) in [5.41, 5.74) is 4.34. The maximum atomic E-state index is 12.9. The molecule has 2 amide bonds. The molecule has 0 saturated carbocycles. The fourth-order valence-corrected chi connectivity index (χ4v) is 6.43. The summed E-state index contributed by atoms with van der Waals surface area (Å²) in [5.74, 6) is 0.386.